The van der Waals surface area contributed by atoms with E-state index in [2.05, 4.69) is 35.3 Å². The first-order chi connectivity index (χ1) is 9.86. The molecule has 20 heavy (non-hydrogen) atoms. The highest BCUT2D eigenvalue weighted by Gasteiger charge is 2.20. The molecular weight excluding hydrogens is 248 g/mol. The summed E-state index contributed by atoms with van der Waals surface area (Å²) >= 11 is 0. The van der Waals surface area contributed by atoms with Gasteiger partial charge in [-0.3, -0.25) is 4.90 Å². The first kappa shape index (κ1) is 14.1. The number of ether oxygens (including phenoxy) is 1. The minimum atomic E-state index is 0.455. The molecule has 1 atom stereocenters. The number of benzene rings is 1. The molecule has 1 fully saturated rings. The molecule has 3 heteroatoms. The maximum absolute atomic E-state index is 5.78. The molecular formula is C17H26N2O. The van der Waals surface area contributed by atoms with E-state index in [1.807, 2.05) is 0 Å². The number of nitrogens with zero attached hydrogens (tertiary/aromatic N) is 1. The molecule has 3 nitrogen and oxygen atoms in total. The lowest BCUT2D eigenvalue weighted by molar-refractivity contribution is 0.0724. The van der Waals surface area contributed by atoms with Gasteiger partial charge in [0.1, 0.15) is 0 Å². The zero-order chi connectivity index (χ0) is 13.8. The van der Waals surface area contributed by atoms with Crippen molar-refractivity contribution in [1.29, 1.82) is 0 Å². The van der Waals surface area contributed by atoms with E-state index in [1.165, 1.54) is 30.4 Å². The van der Waals surface area contributed by atoms with Gasteiger partial charge in [0.2, 0.25) is 0 Å². The average molecular weight is 274 g/mol. The highest BCUT2D eigenvalue weighted by molar-refractivity contribution is 5.37. The molecule has 0 amide bonds. The van der Waals surface area contributed by atoms with Crippen LogP contribution in [0.4, 0.5) is 0 Å². The topological polar surface area (TPSA) is 24.5 Å². The van der Waals surface area contributed by atoms with Crippen molar-refractivity contribution in [2.24, 2.45) is 0 Å². The second kappa shape index (κ2) is 6.70. The van der Waals surface area contributed by atoms with Gasteiger partial charge in [0.25, 0.3) is 0 Å². The van der Waals surface area contributed by atoms with Crippen molar-refractivity contribution in [3.8, 4) is 0 Å². The number of hydrogen-bond acceptors (Lipinski definition) is 3. The predicted octanol–water partition coefficient (Wildman–Crippen LogP) is 2.33. The van der Waals surface area contributed by atoms with Gasteiger partial charge in [-0.05, 0) is 49.0 Å². The molecule has 0 aromatic heterocycles. The van der Waals surface area contributed by atoms with E-state index in [4.69, 9.17) is 4.74 Å². The van der Waals surface area contributed by atoms with Crippen molar-refractivity contribution >= 4 is 0 Å². The van der Waals surface area contributed by atoms with Gasteiger partial charge >= 0.3 is 0 Å². The Morgan fingerprint density at radius 1 is 1.40 bits per heavy atom. The minimum absolute atomic E-state index is 0.455. The van der Waals surface area contributed by atoms with Crippen LogP contribution in [0.1, 0.15) is 36.5 Å². The normalized spacial score (nSPS) is 22.2. The second-order valence-electron chi connectivity index (χ2n) is 5.94. The Bertz CT molecular complexity index is 441. The third-order valence-corrected chi connectivity index (χ3v) is 4.56. The van der Waals surface area contributed by atoms with Gasteiger partial charge in [-0.25, -0.2) is 0 Å². The molecule has 1 aromatic carbocycles. The summed E-state index contributed by atoms with van der Waals surface area (Å²) in [6, 6.07) is 6.78. The third-order valence-electron chi connectivity index (χ3n) is 4.56. The van der Waals surface area contributed by atoms with Crippen molar-refractivity contribution in [2.75, 3.05) is 26.2 Å². The number of nitrogens with one attached hydrogen (secondary N) is 1. The summed E-state index contributed by atoms with van der Waals surface area (Å²) in [4.78, 5) is 2.54. The lowest BCUT2D eigenvalue weighted by Crippen LogP contribution is -2.33. The van der Waals surface area contributed by atoms with Gasteiger partial charge in [0.05, 0.1) is 6.10 Å². The highest BCUT2D eigenvalue weighted by atomic mass is 16.5. The highest BCUT2D eigenvalue weighted by Crippen LogP contribution is 2.21. The Morgan fingerprint density at radius 2 is 2.35 bits per heavy atom. The fourth-order valence-corrected chi connectivity index (χ4v) is 3.38. The van der Waals surface area contributed by atoms with Crippen LogP contribution in [-0.2, 0) is 24.2 Å². The summed E-state index contributed by atoms with van der Waals surface area (Å²) in [7, 11) is 0. The van der Waals surface area contributed by atoms with Gasteiger partial charge in [-0.1, -0.05) is 25.1 Å². The van der Waals surface area contributed by atoms with E-state index in [-0.39, 0.29) is 0 Å². The van der Waals surface area contributed by atoms with Crippen molar-refractivity contribution in [2.45, 2.75) is 45.4 Å². The molecule has 2 aliphatic rings. The summed E-state index contributed by atoms with van der Waals surface area (Å²) in [6.45, 7) is 8.60. The molecule has 0 bridgehead atoms. The van der Waals surface area contributed by atoms with Crippen LogP contribution in [-0.4, -0.2) is 37.2 Å². The van der Waals surface area contributed by atoms with E-state index >= 15 is 0 Å². The van der Waals surface area contributed by atoms with Crippen LogP contribution in [0.5, 0.6) is 0 Å². The maximum Gasteiger partial charge on any atom is 0.0702 e. The predicted molar refractivity (Wildman–Crippen MR) is 81.8 cm³/mol. The SMILES string of the molecule is CCN(Cc1cccc2c1CCNC2)CC1CCCO1. The summed E-state index contributed by atoms with van der Waals surface area (Å²) in [5, 5.41) is 3.46. The molecule has 0 saturated carbocycles. The fourth-order valence-electron chi connectivity index (χ4n) is 3.38. The van der Waals surface area contributed by atoms with E-state index in [0.29, 0.717) is 6.10 Å². The van der Waals surface area contributed by atoms with Crippen molar-refractivity contribution in [3.63, 3.8) is 0 Å². The zero-order valence-corrected chi connectivity index (χ0v) is 12.5. The second-order valence-corrected chi connectivity index (χ2v) is 5.94. The van der Waals surface area contributed by atoms with Crippen LogP contribution >= 0.6 is 0 Å². The van der Waals surface area contributed by atoms with Gasteiger partial charge < -0.3 is 10.1 Å². The van der Waals surface area contributed by atoms with Crippen molar-refractivity contribution < 1.29 is 4.74 Å². The molecule has 2 heterocycles. The molecule has 2 aliphatic heterocycles. The van der Waals surface area contributed by atoms with E-state index in [0.717, 1.165) is 39.3 Å². The monoisotopic (exact) mass is 274 g/mol. The first-order valence-electron chi connectivity index (χ1n) is 8.01. The van der Waals surface area contributed by atoms with Gasteiger partial charge in [-0.15, -0.1) is 0 Å². The summed E-state index contributed by atoms with van der Waals surface area (Å²) in [5.74, 6) is 0. The Balaban J connectivity index is 1.68. The van der Waals surface area contributed by atoms with Crippen LogP contribution in [0.15, 0.2) is 18.2 Å². The molecule has 1 saturated heterocycles. The lowest BCUT2D eigenvalue weighted by Gasteiger charge is -2.27. The molecule has 0 spiro atoms. The van der Waals surface area contributed by atoms with Crippen LogP contribution in [0.25, 0.3) is 0 Å². The summed E-state index contributed by atoms with van der Waals surface area (Å²) < 4.78 is 5.78. The standard InChI is InChI=1S/C17H26N2O/c1-2-19(13-16-7-4-10-20-16)12-15-6-3-5-14-11-18-9-8-17(14)15/h3,5-6,16,18H,2,4,7-13H2,1H3. The van der Waals surface area contributed by atoms with E-state index in [1.54, 1.807) is 5.56 Å². The summed E-state index contributed by atoms with van der Waals surface area (Å²) in [6.07, 6.45) is 4.08. The average Bonchev–Trinajstić information content (AvgIpc) is 3.00. The fraction of sp³-hybridized carbons (Fsp3) is 0.647. The molecule has 1 unspecified atom stereocenters. The van der Waals surface area contributed by atoms with Crippen LogP contribution in [0.2, 0.25) is 0 Å². The minimum Gasteiger partial charge on any atom is -0.377 e. The third kappa shape index (κ3) is 3.22. The molecule has 3 rings (SSSR count). The lowest BCUT2D eigenvalue weighted by atomic mass is 9.95. The summed E-state index contributed by atoms with van der Waals surface area (Å²) in [5.41, 5.74) is 4.59. The Kier molecular flexibility index (Phi) is 4.71. The van der Waals surface area contributed by atoms with Gasteiger partial charge in [-0.2, -0.15) is 0 Å². The van der Waals surface area contributed by atoms with E-state index < -0.39 is 0 Å². The van der Waals surface area contributed by atoms with E-state index in [9.17, 15) is 0 Å². The Labute approximate surface area is 122 Å². The van der Waals surface area contributed by atoms with Crippen LogP contribution in [0.3, 0.4) is 0 Å². The first-order valence-corrected chi connectivity index (χ1v) is 8.01. The van der Waals surface area contributed by atoms with Crippen molar-refractivity contribution in [1.82, 2.24) is 10.2 Å². The van der Waals surface area contributed by atoms with Gasteiger partial charge in [0.15, 0.2) is 0 Å². The largest absolute Gasteiger partial charge is 0.377 e. The Hall–Kier alpha value is -0.900. The number of likely N-dealkylation sites (N-methyl/N-ethyl adjacent to an activating group) is 1. The Morgan fingerprint density at radius 3 is 3.15 bits per heavy atom. The molecule has 0 radical (unpaired) electrons. The smallest absolute Gasteiger partial charge is 0.0702 e. The van der Waals surface area contributed by atoms with Crippen molar-refractivity contribution in [3.05, 3.63) is 34.9 Å². The van der Waals surface area contributed by atoms with Crippen LogP contribution in [0, 0.1) is 0 Å². The molecule has 1 aromatic rings. The van der Waals surface area contributed by atoms with Crippen LogP contribution < -0.4 is 5.32 Å². The quantitative estimate of drug-likeness (QED) is 0.892. The molecule has 1 N–H and O–H groups in total. The molecule has 0 aliphatic carbocycles. The molecule has 110 valence electrons. The number of fused-ring (bicyclic) bond motifs is 1. The number of hydrogen-bond donors (Lipinski definition) is 1. The van der Waals surface area contributed by atoms with Gasteiger partial charge in [0, 0.05) is 26.2 Å². The number of rotatable bonds is 5. The zero-order valence-electron chi connectivity index (χ0n) is 12.5. The maximum atomic E-state index is 5.78.